The zero-order valence-corrected chi connectivity index (χ0v) is 7.27. The minimum Gasteiger partial charge on any atom is -0.300 e. The van der Waals surface area contributed by atoms with Gasteiger partial charge in [-0.05, 0) is 0 Å². The predicted octanol–water partition coefficient (Wildman–Crippen LogP) is 0.371. The lowest BCUT2D eigenvalue weighted by atomic mass is 10.4. The van der Waals surface area contributed by atoms with Crippen LogP contribution in [0.2, 0.25) is 0 Å². The molecular formula is C7H12N2OS. The molecule has 1 saturated heterocycles. The molecule has 0 aromatic carbocycles. The largest absolute Gasteiger partial charge is 0.300 e. The number of thioether (sulfide) groups is 1. The molecule has 1 fully saturated rings. The molecule has 11 heavy (non-hydrogen) atoms. The predicted molar refractivity (Wildman–Crippen MR) is 46.8 cm³/mol. The van der Waals surface area contributed by atoms with Crippen molar-refractivity contribution in [2.75, 3.05) is 37.7 Å². The summed E-state index contributed by atoms with van der Waals surface area (Å²) in [5, 5.41) is 0. The number of nitrogens with zero attached hydrogens (tertiary/aromatic N) is 2. The molecule has 3 nitrogen and oxygen atoms in total. The van der Waals surface area contributed by atoms with Gasteiger partial charge in [-0.15, -0.1) is 0 Å². The first kappa shape index (κ1) is 8.78. The Morgan fingerprint density at radius 1 is 1.45 bits per heavy atom. The third kappa shape index (κ3) is 3.56. The normalized spacial score (nSPS) is 19.3. The van der Waals surface area contributed by atoms with Crippen LogP contribution >= 0.6 is 11.8 Å². The first-order chi connectivity index (χ1) is 5.43. The molecule has 0 aliphatic carbocycles. The van der Waals surface area contributed by atoms with Crippen molar-refractivity contribution in [2.24, 2.45) is 4.99 Å². The number of aliphatic imine (C=N–C) groups is 1. The van der Waals surface area contributed by atoms with Gasteiger partial charge in [-0.2, -0.15) is 11.8 Å². The van der Waals surface area contributed by atoms with Gasteiger partial charge in [-0.25, -0.2) is 9.79 Å². The zero-order chi connectivity index (χ0) is 7.94. The van der Waals surface area contributed by atoms with Crippen LogP contribution in [0.5, 0.6) is 0 Å². The van der Waals surface area contributed by atoms with Gasteiger partial charge in [0, 0.05) is 31.1 Å². The maximum Gasteiger partial charge on any atom is 0.234 e. The Bertz CT molecular complexity index is 151. The number of hydrogen-bond acceptors (Lipinski definition) is 4. The zero-order valence-electron chi connectivity index (χ0n) is 6.45. The molecule has 0 aromatic rings. The quantitative estimate of drug-likeness (QED) is 0.455. The molecule has 4 heteroatoms. The van der Waals surface area contributed by atoms with Gasteiger partial charge in [-0.1, -0.05) is 0 Å². The van der Waals surface area contributed by atoms with E-state index in [1.54, 1.807) is 6.08 Å². The van der Waals surface area contributed by atoms with Gasteiger partial charge in [0.15, 0.2) is 0 Å². The summed E-state index contributed by atoms with van der Waals surface area (Å²) >= 11 is 1.99. The summed E-state index contributed by atoms with van der Waals surface area (Å²) in [6.45, 7) is 3.79. The monoisotopic (exact) mass is 172 g/mol. The number of rotatable bonds is 3. The molecule has 0 saturated carbocycles. The highest BCUT2D eigenvalue weighted by Crippen LogP contribution is 2.07. The minimum absolute atomic E-state index is 0.605. The molecule has 1 aliphatic heterocycles. The Balaban J connectivity index is 2.09. The van der Waals surface area contributed by atoms with Crippen LogP contribution in [0.25, 0.3) is 0 Å². The number of hydrogen-bond donors (Lipinski definition) is 0. The fourth-order valence-electron chi connectivity index (χ4n) is 1.06. The van der Waals surface area contributed by atoms with E-state index in [1.807, 2.05) is 11.8 Å². The maximum atomic E-state index is 9.73. The molecule has 0 bridgehead atoms. The fourth-order valence-corrected chi connectivity index (χ4v) is 2.04. The van der Waals surface area contributed by atoms with Crippen LogP contribution in [0, 0.1) is 0 Å². The highest BCUT2D eigenvalue weighted by atomic mass is 32.2. The summed E-state index contributed by atoms with van der Waals surface area (Å²) in [6, 6.07) is 0. The van der Waals surface area contributed by atoms with Gasteiger partial charge in [0.05, 0.1) is 6.54 Å². The molecule has 0 radical (unpaired) electrons. The van der Waals surface area contributed by atoms with Crippen molar-refractivity contribution in [1.82, 2.24) is 4.90 Å². The SMILES string of the molecule is O=C=NCCN1CCSCC1. The summed E-state index contributed by atoms with van der Waals surface area (Å²) < 4.78 is 0. The van der Waals surface area contributed by atoms with E-state index in [0.29, 0.717) is 6.54 Å². The minimum atomic E-state index is 0.605. The average Bonchev–Trinajstić information content (AvgIpc) is 2.07. The van der Waals surface area contributed by atoms with Crippen LogP contribution in [-0.4, -0.2) is 48.7 Å². The van der Waals surface area contributed by atoms with E-state index < -0.39 is 0 Å². The maximum absolute atomic E-state index is 9.73. The second kappa shape index (κ2) is 5.35. The summed E-state index contributed by atoms with van der Waals surface area (Å²) in [7, 11) is 0. The second-order valence-electron chi connectivity index (χ2n) is 2.43. The Labute approximate surface area is 70.9 Å². The van der Waals surface area contributed by atoms with Crippen molar-refractivity contribution in [2.45, 2.75) is 0 Å². The Hall–Kier alpha value is -0.310. The van der Waals surface area contributed by atoms with Crippen molar-refractivity contribution in [3.63, 3.8) is 0 Å². The van der Waals surface area contributed by atoms with E-state index in [1.165, 1.54) is 11.5 Å². The van der Waals surface area contributed by atoms with E-state index in [-0.39, 0.29) is 0 Å². The highest BCUT2D eigenvalue weighted by molar-refractivity contribution is 7.99. The summed E-state index contributed by atoms with van der Waals surface area (Å²) in [4.78, 5) is 15.6. The summed E-state index contributed by atoms with van der Waals surface area (Å²) in [5.41, 5.74) is 0. The third-order valence-electron chi connectivity index (χ3n) is 1.70. The lowest BCUT2D eigenvalue weighted by molar-refractivity contribution is 0.311. The molecule has 0 spiro atoms. The molecule has 0 amide bonds. The summed E-state index contributed by atoms with van der Waals surface area (Å²) in [5.74, 6) is 2.43. The Morgan fingerprint density at radius 3 is 2.82 bits per heavy atom. The molecule has 62 valence electrons. The molecule has 0 atom stereocenters. The van der Waals surface area contributed by atoms with Crippen molar-refractivity contribution >= 4 is 17.8 Å². The molecule has 0 aromatic heterocycles. The van der Waals surface area contributed by atoms with E-state index in [0.717, 1.165) is 19.6 Å². The topological polar surface area (TPSA) is 32.7 Å². The first-order valence-corrected chi connectivity index (χ1v) is 4.92. The third-order valence-corrected chi connectivity index (χ3v) is 2.64. The van der Waals surface area contributed by atoms with E-state index in [2.05, 4.69) is 9.89 Å². The van der Waals surface area contributed by atoms with Crippen LogP contribution < -0.4 is 0 Å². The van der Waals surface area contributed by atoms with Gasteiger partial charge >= 0.3 is 0 Å². The van der Waals surface area contributed by atoms with Crippen LogP contribution in [0.15, 0.2) is 4.99 Å². The van der Waals surface area contributed by atoms with Gasteiger partial charge in [-0.3, -0.25) is 4.90 Å². The molecule has 0 N–H and O–H groups in total. The van der Waals surface area contributed by atoms with Crippen molar-refractivity contribution < 1.29 is 4.79 Å². The van der Waals surface area contributed by atoms with Gasteiger partial charge in [0.1, 0.15) is 0 Å². The first-order valence-electron chi connectivity index (χ1n) is 3.77. The van der Waals surface area contributed by atoms with Crippen molar-refractivity contribution in [3.05, 3.63) is 0 Å². The van der Waals surface area contributed by atoms with Gasteiger partial charge in [0.25, 0.3) is 0 Å². The molecule has 0 unspecified atom stereocenters. The molecule has 1 heterocycles. The molecular weight excluding hydrogens is 160 g/mol. The Kier molecular flexibility index (Phi) is 4.28. The number of carbonyl (C=O) groups excluding carboxylic acids is 1. The van der Waals surface area contributed by atoms with Crippen LogP contribution in [0.3, 0.4) is 0 Å². The average molecular weight is 172 g/mol. The van der Waals surface area contributed by atoms with Crippen LogP contribution in [0.1, 0.15) is 0 Å². The molecule has 1 rings (SSSR count). The fraction of sp³-hybridized carbons (Fsp3) is 0.857. The Morgan fingerprint density at radius 2 is 2.18 bits per heavy atom. The standard InChI is InChI=1S/C7H12N2OS/c10-7-8-1-2-9-3-5-11-6-4-9/h1-6H2. The van der Waals surface area contributed by atoms with E-state index >= 15 is 0 Å². The lowest BCUT2D eigenvalue weighted by Crippen LogP contribution is -2.34. The van der Waals surface area contributed by atoms with Crippen molar-refractivity contribution in [1.29, 1.82) is 0 Å². The highest BCUT2D eigenvalue weighted by Gasteiger charge is 2.08. The van der Waals surface area contributed by atoms with E-state index in [9.17, 15) is 4.79 Å². The summed E-state index contributed by atoms with van der Waals surface area (Å²) in [6.07, 6.45) is 1.55. The number of isocyanates is 1. The lowest BCUT2D eigenvalue weighted by Gasteiger charge is -2.24. The van der Waals surface area contributed by atoms with Gasteiger partial charge in [0.2, 0.25) is 6.08 Å². The second-order valence-corrected chi connectivity index (χ2v) is 3.65. The van der Waals surface area contributed by atoms with Crippen LogP contribution in [0.4, 0.5) is 0 Å². The van der Waals surface area contributed by atoms with Gasteiger partial charge < -0.3 is 0 Å². The van der Waals surface area contributed by atoms with Crippen LogP contribution in [-0.2, 0) is 4.79 Å². The molecule has 1 aliphatic rings. The smallest absolute Gasteiger partial charge is 0.234 e. The van der Waals surface area contributed by atoms with Crippen molar-refractivity contribution in [3.8, 4) is 0 Å². The van der Waals surface area contributed by atoms with E-state index in [4.69, 9.17) is 0 Å².